The molecule has 17 heteroatoms. The Kier molecular flexibility index (Phi) is 12.2. The first-order valence-corrected chi connectivity index (χ1v) is 15.6. The molecule has 3 aromatic heterocycles. The minimum atomic E-state index is -4.86. The number of rotatable bonds is 15. The summed E-state index contributed by atoms with van der Waals surface area (Å²) in [5, 5.41) is 7.99. The van der Waals surface area contributed by atoms with Gasteiger partial charge in [-0.2, -0.15) is 13.2 Å². The summed E-state index contributed by atoms with van der Waals surface area (Å²) in [5.41, 5.74) is -1.64. The fourth-order valence-electron chi connectivity index (χ4n) is 4.69. The summed E-state index contributed by atoms with van der Waals surface area (Å²) in [7, 11) is 0. The summed E-state index contributed by atoms with van der Waals surface area (Å²) in [6.07, 6.45) is 0.157. The molecule has 3 aromatic rings. The van der Waals surface area contributed by atoms with Crippen molar-refractivity contribution in [1.29, 1.82) is 0 Å². The number of carbonyl (C=O) groups is 3. The predicted molar refractivity (Wildman–Crippen MR) is 163 cm³/mol. The Labute approximate surface area is 260 Å². The van der Waals surface area contributed by atoms with Gasteiger partial charge in [-0.25, -0.2) is 19.6 Å². The first-order chi connectivity index (χ1) is 21.6. The maximum absolute atomic E-state index is 13.7. The normalized spacial score (nSPS) is 13.8. The lowest BCUT2D eigenvalue weighted by atomic mass is 10.1. The van der Waals surface area contributed by atoms with Crippen LogP contribution in [0, 0.1) is 0 Å². The lowest BCUT2D eigenvalue weighted by Crippen LogP contribution is -2.33. The number of nitrogens with zero attached hydrogens (tertiary/aromatic N) is 4. The smallest absolute Gasteiger partial charge is 0.433 e. The van der Waals surface area contributed by atoms with Crippen molar-refractivity contribution >= 4 is 52.7 Å². The number of nitrogens with one attached hydrogen (secondary N) is 4. The van der Waals surface area contributed by atoms with E-state index >= 15 is 0 Å². The number of alkyl halides is 3. The van der Waals surface area contributed by atoms with Crippen molar-refractivity contribution in [2.45, 2.75) is 38.4 Å². The molecule has 1 saturated heterocycles. The van der Waals surface area contributed by atoms with Crippen molar-refractivity contribution in [1.82, 2.24) is 29.7 Å². The van der Waals surface area contributed by atoms with E-state index in [1.165, 1.54) is 19.3 Å². The molecule has 0 aliphatic carbocycles. The Hall–Kier alpha value is -4.12. The van der Waals surface area contributed by atoms with Crippen LogP contribution in [0.15, 0.2) is 29.2 Å². The highest BCUT2D eigenvalue weighted by Gasteiger charge is 2.34. The number of pyridine rings is 2. The molecule has 244 valence electrons. The second-order valence-electron chi connectivity index (χ2n) is 10.3. The van der Waals surface area contributed by atoms with E-state index in [9.17, 15) is 32.3 Å². The lowest BCUT2D eigenvalue weighted by molar-refractivity contribution is -0.141. The number of amides is 2. The maximum atomic E-state index is 13.7. The fourth-order valence-corrected chi connectivity index (χ4v) is 5.32. The van der Waals surface area contributed by atoms with E-state index in [0.29, 0.717) is 17.7 Å². The second-order valence-corrected chi connectivity index (χ2v) is 11.4. The summed E-state index contributed by atoms with van der Waals surface area (Å²) in [6, 6.07) is 4.22. The molecule has 13 nitrogen and oxygen atoms in total. The van der Waals surface area contributed by atoms with Crippen LogP contribution in [0.25, 0.3) is 11.0 Å². The van der Waals surface area contributed by atoms with Gasteiger partial charge in [-0.1, -0.05) is 12.5 Å². The van der Waals surface area contributed by atoms with Crippen LogP contribution in [0.1, 0.15) is 36.9 Å². The molecule has 0 saturated carbocycles. The van der Waals surface area contributed by atoms with Crippen molar-refractivity contribution in [2.24, 2.45) is 0 Å². The monoisotopic (exact) mass is 652 g/mol. The summed E-state index contributed by atoms with van der Waals surface area (Å²) in [6.45, 7) is 3.80. The maximum Gasteiger partial charge on any atom is 0.433 e. The van der Waals surface area contributed by atoms with Crippen molar-refractivity contribution in [3.63, 3.8) is 0 Å². The average Bonchev–Trinajstić information content (AvgIpc) is 3.33. The van der Waals surface area contributed by atoms with E-state index in [0.717, 1.165) is 48.6 Å². The fraction of sp³-hybridized carbons (Fsp3) is 0.500. The minimum absolute atomic E-state index is 0.0713. The molecule has 1 fully saturated rings. The quantitative estimate of drug-likeness (QED) is 0.142. The third kappa shape index (κ3) is 10.2. The van der Waals surface area contributed by atoms with Crippen LogP contribution >= 0.6 is 11.8 Å². The number of aromatic amines is 1. The number of aldehydes is 1. The number of likely N-dealkylation sites (tertiary alicyclic amines) is 1. The van der Waals surface area contributed by atoms with Crippen LogP contribution < -0.4 is 21.6 Å². The predicted octanol–water partition coefficient (Wildman–Crippen LogP) is 3.07. The number of ether oxygens (including phenoxy) is 1. The van der Waals surface area contributed by atoms with E-state index in [-0.39, 0.29) is 54.6 Å². The number of anilines is 2. The topological polar surface area (TPSA) is 163 Å². The average molecular weight is 653 g/mol. The van der Waals surface area contributed by atoms with Gasteiger partial charge in [0.05, 0.1) is 17.8 Å². The Morgan fingerprint density at radius 2 is 1.96 bits per heavy atom. The van der Waals surface area contributed by atoms with E-state index in [1.54, 1.807) is 18.3 Å². The molecule has 4 heterocycles. The van der Waals surface area contributed by atoms with E-state index in [1.807, 2.05) is 0 Å². The Morgan fingerprint density at radius 3 is 2.67 bits per heavy atom. The van der Waals surface area contributed by atoms with Gasteiger partial charge in [-0.15, -0.1) is 11.8 Å². The van der Waals surface area contributed by atoms with Gasteiger partial charge >= 0.3 is 18.0 Å². The number of halogens is 3. The van der Waals surface area contributed by atoms with E-state index in [4.69, 9.17) is 4.74 Å². The van der Waals surface area contributed by atoms with E-state index in [2.05, 4.69) is 35.8 Å². The molecule has 0 atom stereocenters. The Balaban J connectivity index is 1.38. The van der Waals surface area contributed by atoms with Crippen LogP contribution in [0.5, 0.6) is 0 Å². The van der Waals surface area contributed by atoms with E-state index < -0.39 is 29.5 Å². The van der Waals surface area contributed by atoms with Gasteiger partial charge in [0.1, 0.15) is 29.9 Å². The molecule has 0 bridgehead atoms. The lowest BCUT2D eigenvalue weighted by Gasteiger charge is -2.26. The molecule has 4 N–H and O–H groups in total. The second kappa shape index (κ2) is 16.3. The number of aromatic nitrogens is 4. The number of thioether (sulfide) groups is 1. The molecular weight excluding hydrogens is 617 g/mol. The zero-order valence-electron chi connectivity index (χ0n) is 24.5. The Bertz CT molecular complexity index is 1510. The van der Waals surface area contributed by atoms with Gasteiger partial charge in [0.15, 0.2) is 5.82 Å². The number of fused-ring (bicyclic) bond motifs is 1. The van der Waals surface area contributed by atoms with Crippen LogP contribution in [0.3, 0.4) is 0 Å². The third-order valence-electron chi connectivity index (χ3n) is 6.90. The van der Waals surface area contributed by atoms with Gasteiger partial charge in [-0.3, -0.25) is 14.7 Å². The van der Waals surface area contributed by atoms with Crippen molar-refractivity contribution in [3.8, 4) is 0 Å². The van der Waals surface area contributed by atoms with Crippen LogP contribution in [-0.2, 0) is 27.0 Å². The summed E-state index contributed by atoms with van der Waals surface area (Å²) in [5.74, 6) is 0.138. The summed E-state index contributed by atoms with van der Waals surface area (Å²) < 4.78 is 47.3. The number of carbonyl (C=O) groups excluding carboxylic acids is 3. The standard InChI is InChI=1S/C28H35F3N8O5S/c29-28(30,31)21-15-20-24(25(35-21)37-27(43)44-13-14-45-18-23(41)33-7-4-12-40)36-26(42)39(20)17-19-5-6-22(34-16-19)32-8-11-38-9-2-1-3-10-38/h5-6,12,15-16H,1-4,7-11,13-14,17-18H2,(H,32,34)(H,33,41)(H,36,42)(H,35,37,43). The van der Waals surface area contributed by atoms with Crippen LogP contribution in [-0.4, -0.2) is 93.5 Å². The molecule has 1 aliphatic heterocycles. The summed E-state index contributed by atoms with van der Waals surface area (Å²) in [4.78, 5) is 59.9. The third-order valence-corrected chi connectivity index (χ3v) is 7.83. The molecule has 0 aromatic carbocycles. The SMILES string of the molecule is O=CCCNC(=O)CSCCOC(=O)Nc1nc(C(F)(F)F)cc2c1[nH]c(=O)n2Cc1ccc(NCCN2CCCCC2)nc1. The number of hydrogen-bond donors (Lipinski definition) is 4. The van der Waals surface area contributed by atoms with Gasteiger partial charge < -0.3 is 30.0 Å². The largest absolute Gasteiger partial charge is 0.448 e. The van der Waals surface area contributed by atoms with Crippen molar-refractivity contribution < 1.29 is 32.3 Å². The first kappa shape index (κ1) is 33.8. The summed E-state index contributed by atoms with van der Waals surface area (Å²) >= 11 is 1.16. The highest BCUT2D eigenvalue weighted by Crippen LogP contribution is 2.32. The van der Waals surface area contributed by atoms with Gasteiger partial charge in [-0.05, 0) is 43.6 Å². The van der Waals surface area contributed by atoms with Crippen LogP contribution in [0.2, 0.25) is 0 Å². The molecule has 1 aliphatic rings. The minimum Gasteiger partial charge on any atom is -0.448 e. The highest BCUT2D eigenvalue weighted by molar-refractivity contribution is 7.99. The van der Waals surface area contributed by atoms with Crippen LogP contribution in [0.4, 0.5) is 29.6 Å². The molecule has 45 heavy (non-hydrogen) atoms. The number of imidazole rings is 1. The van der Waals surface area contributed by atoms with Crippen molar-refractivity contribution in [3.05, 3.63) is 46.1 Å². The number of piperidine rings is 1. The molecule has 0 spiro atoms. The van der Waals surface area contributed by atoms with Crippen molar-refractivity contribution in [2.75, 3.05) is 61.5 Å². The molecule has 0 unspecified atom stereocenters. The molecular formula is C28H35F3N8O5S. The number of H-pyrrole nitrogens is 1. The van der Waals surface area contributed by atoms with Gasteiger partial charge in [0.2, 0.25) is 5.91 Å². The van der Waals surface area contributed by atoms with Gasteiger partial charge in [0, 0.05) is 38.0 Å². The first-order valence-electron chi connectivity index (χ1n) is 14.5. The number of hydrogen-bond acceptors (Lipinski definition) is 10. The zero-order chi connectivity index (χ0) is 32.2. The molecule has 0 radical (unpaired) electrons. The zero-order valence-corrected chi connectivity index (χ0v) is 25.3. The molecule has 2 amide bonds. The molecule has 4 rings (SSSR count). The Morgan fingerprint density at radius 1 is 1.16 bits per heavy atom. The highest BCUT2D eigenvalue weighted by atomic mass is 32.2. The van der Waals surface area contributed by atoms with Gasteiger partial charge in [0.25, 0.3) is 0 Å².